The maximum absolute atomic E-state index is 11.9. The minimum absolute atomic E-state index is 0.302. The molecule has 2 atom stereocenters. The van der Waals surface area contributed by atoms with Crippen LogP contribution in [0.3, 0.4) is 0 Å². The number of nitrogens with one attached hydrogen (secondary N) is 2. The van der Waals surface area contributed by atoms with E-state index in [1.54, 1.807) is 0 Å². The maximum atomic E-state index is 11.9. The number of hydrogen-bond donors (Lipinski definition) is 2. The predicted octanol–water partition coefficient (Wildman–Crippen LogP) is 0.854. The molecule has 2 saturated heterocycles. The first-order valence-corrected chi connectivity index (χ1v) is 7.58. The van der Waals surface area contributed by atoms with Gasteiger partial charge in [0.25, 0.3) is 0 Å². The molecular formula is C12H20N2OS. The largest absolute Gasteiger partial charge is 0.353 e. The highest BCUT2D eigenvalue weighted by Gasteiger charge is 2.53. The second kappa shape index (κ2) is 4.57. The third-order valence-corrected chi connectivity index (χ3v) is 5.28. The summed E-state index contributed by atoms with van der Waals surface area (Å²) >= 11 is 2.03. The SMILES string of the molecule is O=C(CC1CCSCC1)NC1C2CNCC21. The van der Waals surface area contributed by atoms with E-state index in [-0.39, 0.29) is 0 Å². The van der Waals surface area contributed by atoms with E-state index in [0.717, 1.165) is 31.3 Å². The fraction of sp³-hybridized carbons (Fsp3) is 0.917. The second-order valence-corrected chi connectivity index (χ2v) is 6.56. The van der Waals surface area contributed by atoms with Crippen LogP contribution >= 0.6 is 11.8 Å². The zero-order chi connectivity index (χ0) is 11.0. The zero-order valence-electron chi connectivity index (χ0n) is 9.58. The number of hydrogen-bond acceptors (Lipinski definition) is 3. The molecule has 3 nitrogen and oxygen atoms in total. The normalized spacial score (nSPS) is 38.1. The van der Waals surface area contributed by atoms with Crippen LogP contribution < -0.4 is 10.6 Å². The van der Waals surface area contributed by atoms with Crippen LogP contribution in [0.4, 0.5) is 0 Å². The molecule has 1 amide bonds. The highest BCUT2D eigenvalue weighted by molar-refractivity contribution is 7.99. The van der Waals surface area contributed by atoms with Crippen LogP contribution in [0.2, 0.25) is 0 Å². The van der Waals surface area contributed by atoms with Crippen LogP contribution in [0.5, 0.6) is 0 Å². The maximum Gasteiger partial charge on any atom is 0.220 e. The lowest BCUT2D eigenvalue weighted by Gasteiger charge is -2.20. The molecule has 4 heteroatoms. The summed E-state index contributed by atoms with van der Waals surface area (Å²) in [6.07, 6.45) is 3.23. The van der Waals surface area contributed by atoms with Crippen molar-refractivity contribution in [2.75, 3.05) is 24.6 Å². The monoisotopic (exact) mass is 240 g/mol. The number of piperidine rings is 1. The van der Waals surface area contributed by atoms with Gasteiger partial charge in [-0.1, -0.05) is 0 Å². The van der Waals surface area contributed by atoms with Gasteiger partial charge in [-0.05, 0) is 42.1 Å². The van der Waals surface area contributed by atoms with E-state index < -0.39 is 0 Å². The molecule has 0 radical (unpaired) electrons. The summed E-state index contributed by atoms with van der Waals surface area (Å²) < 4.78 is 0. The third kappa shape index (κ3) is 2.23. The van der Waals surface area contributed by atoms with E-state index >= 15 is 0 Å². The number of rotatable bonds is 3. The summed E-state index contributed by atoms with van der Waals surface area (Å²) in [5, 5.41) is 6.57. The van der Waals surface area contributed by atoms with Crippen molar-refractivity contribution in [3.8, 4) is 0 Å². The van der Waals surface area contributed by atoms with Crippen LogP contribution in [-0.4, -0.2) is 36.5 Å². The van der Waals surface area contributed by atoms with Gasteiger partial charge in [-0.25, -0.2) is 0 Å². The molecule has 3 rings (SSSR count). The lowest BCUT2D eigenvalue weighted by molar-refractivity contribution is -0.122. The molecule has 0 spiro atoms. The molecule has 16 heavy (non-hydrogen) atoms. The Hall–Kier alpha value is -0.220. The van der Waals surface area contributed by atoms with Crippen molar-refractivity contribution in [3.63, 3.8) is 0 Å². The summed E-state index contributed by atoms with van der Waals surface area (Å²) in [4.78, 5) is 11.9. The highest BCUT2D eigenvalue weighted by atomic mass is 32.2. The molecule has 2 unspecified atom stereocenters. The lowest BCUT2D eigenvalue weighted by atomic mass is 9.98. The lowest BCUT2D eigenvalue weighted by Crippen LogP contribution is -2.33. The van der Waals surface area contributed by atoms with Gasteiger partial charge in [-0.15, -0.1) is 0 Å². The van der Waals surface area contributed by atoms with Crippen molar-refractivity contribution in [2.45, 2.75) is 25.3 Å². The summed E-state index contributed by atoms with van der Waals surface area (Å²) in [6.45, 7) is 2.21. The van der Waals surface area contributed by atoms with Gasteiger partial charge in [0, 0.05) is 25.6 Å². The third-order valence-electron chi connectivity index (χ3n) is 4.23. The Balaban J connectivity index is 1.40. The molecule has 0 aromatic rings. The van der Waals surface area contributed by atoms with Gasteiger partial charge >= 0.3 is 0 Å². The Morgan fingerprint density at radius 3 is 2.62 bits per heavy atom. The van der Waals surface area contributed by atoms with Gasteiger partial charge in [0.1, 0.15) is 0 Å². The van der Waals surface area contributed by atoms with Gasteiger partial charge < -0.3 is 10.6 Å². The quantitative estimate of drug-likeness (QED) is 0.768. The second-order valence-electron chi connectivity index (χ2n) is 5.34. The molecule has 2 heterocycles. The molecule has 2 N–H and O–H groups in total. The van der Waals surface area contributed by atoms with Gasteiger partial charge in [-0.3, -0.25) is 4.79 Å². The minimum Gasteiger partial charge on any atom is -0.353 e. The topological polar surface area (TPSA) is 41.1 Å². The Morgan fingerprint density at radius 2 is 1.94 bits per heavy atom. The Morgan fingerprint density at radius 1 is 1.25 bits per heavy atom. The van der Waals surface area contributed by atoms with Crippen LogP contribution in [0, 0.1) is 17.8 Å². The average molecular weight is 240 g/mol. The molecule has 1 aliphatic carbocycles. The molecule has 90 valence electrons. The van der Waals surface area contributed by atoms with Crippen molar-refractivity contribution in [1.82, 2.24) is 10.6 Å². The van der Waals surface area contributed by atoms with Gasteiger partial charge in [0.15, 0.2) is 0 Å². The summed E-state index contributed by atoms with van der Waals surface area (Å²) in [5.74, 6) is 4.93. The molecular weight excluding hydrogens is 220 g/mol. The van der Waals surface area contributed by atoms with E-state index in [9.17, 15) is 4.79 Å². The predicted molar refractivity (Wildman–Crippen MR) is 66.4 cm³/mol. The van der Waals surface area contributed by atoms with Crippen LogP contribution in [0.25, 0.3) is 0 Å². The summed E-state index contributed by atoms with van der Waals surface area (Å²) in [7, 11) is 0. The van der Waals surface area contributed by atoms with Crippen molar-refractivity contribution in [1.29, 1.82) is 0 Å². The van der Waals surface area contributed by atoms with Crippen LogP contribution in [0.1, 0.15) is 19.3 Å². The van der Waals surface area contributed by atoms with Crippen LogP contribution in [0.15, 0.2) is 0 Å². The highest BCUT2D eigenvalue weighted by Crippen LogP contribution is 2.41. The summed E-state index contributed by atoms with van der Waals surface area (Å²) in [5.41, 5.74) is 0. The van der Waals surface area contributed by atoms with Gasteiger partial charge in [-0.2, -0.15) is 11.8 Å². The van der Waals surface area contributed by atoms with E-state index in [1.165, 1.54) is 24.3 Å². The van der Waals surface area contributed by atoms with E-state index in [4.69, 9.17) is 0 Å². The Labute approximate surface area is 101 Å². The number of carbonyl (C=O) groups is 1. The standard InChI is InChI=1S/C12H20N2OS/c15-11(5-8-1-3-16-4-2-8)14-12-9-6-13-7-10(9)12/h8-10,12-13H,1-7H2,(H,14,15). The molecule has 3 fully saturated rings. The van der Waals surface area contributed by atoms with Crippen molar-refractivity contribution in [3.05, 3.63) is 0 Å². The van der Waals surface area contributed by atoms with E-state index in [1.807, 2.05) is 11.8 Å². The fourth-order valence-electron chi connectivity index (χ4n) is 3.09. The first-order chi connectivity index (χ1) is 7.84. The molecule has 0 aromatic carbocycles. The molecule has 3 aliphatic rings. The summed E-state index contributed by atoms with van der Waals surface area (Å²) in [6, 6.07) is 0.506. The van der Waals surface area contributed by atoms with Crippen molar-refractivity contribution in [2.24, 2.45) is 17.8 Å². The van der Waals surface area contributed by atoms with Gasteiger partial charge in [0.2, 0.25) is 5.91 Å². The van der Waals surface area contributed by atoms with E-state index in [0.29, 0.717) is 17.9 Å². The van der Waals surface area contributed by atoms with Crippen molar-refractivity contribution >= 4 is 17.7 Å². The Bertz CT molecular complexity index is 262. The number of fused-ring (bicyclic) bond motifs is 1. The average Bonchev–Trinajstić information content (AvgIpc) is 2.76. The smallest absolute Gasteiger partial charge is 0.220 e. The first-order valence-electron chi connectivity index (χ1n) is 6.42. The number of carbonyl (C=O) groups excluding carboxylic acids is 1. The molecule has 2 aliphatic heterocycles. The van der Waals surface area contributed by atoms with E-state index in [2.05, 4.69) is 10.6 Å². The molecule has 0 aromatic heterocycles. The molecule has 1 saturated carbocycles. The number of amides is 1. The molecule has 0 bridgehead atoms. The number of thioether (sulfide) groups is 1. The van der Waals surface area contributed by atoms with Gasteiger partial charge in [0.05, 0.1) is 0 Å². The fourth-order valence-corrected chi connectivity index (χ4v) is 4.29. The van der Waals surface area contributed by atoms with Crippen LogP contribution in [-0.2, 0) is 4.79 Å². The van der Waals surface area contributed by atoms with Crippen molar-refractivity contribution < 1.29 is 4.79 Å². The Kier molecular flexibility index (Phi) is 3.11. The first kappa shape index (κ1) is 10.9. The minimum atomic E-state index is 0.302. The zero-order valence-corrected chi connectivity index (χ0v) is 10.4.